The van der Waals surface area contributed by atoms with Crippen molar-refractivity contribution in [3.8, 4) is 5.75 Å². The Balaban J connectivity index is 1.75. The van der Waals surface area contributed by atoms with Gasteiger partial charge in [0, 0.05) is 5.92 Å². The number of ether oxygens (including phenoxy) is 1. The van der Waals surface area contributed by atoms with Crippen LogP contribution in [0.4, 0.5) is 10.1 Å². The molecule has 4 nitrogen and oxygen atoms in total. The Morgan fingerprint density at radius 3 is 2.70 bits per heavy atom. The van der Waals surface area contributed by atoms with Crippen molar-refractivity contribution >= 4 is 11.6 Å². The number of benzene rings is 1. The lowest BCUT2D eigenvalue weighted by atomic mass is 9.95. The number of para-hydroxylation sites is 2. The lowest BCUT2D eigenvalue weighted by Gasteiger charge is -2.31. The van der Waals surface area contributed by atoms with E-state index in [0.29, 0.717) is 12.2 Å². The number of unbranched alkanes of at least 4 members (excludes halogenated alkanes) is 2. The van der Waals surface area contributed by atoms with Crippen LogP contribution in [-0.2, 0) is 4.79 Å². The van der Waals surface area contributed by atoms with E-state index in [1.54, 1.807) is 7.11 Å². The largest absolute Gasteiger partial charge is 0.495 e. The predicted molar refractivity (Wildman–Crippen MR) is 90.6 cm³/mol. The Morgan fingerprint density at radius 2 is 2.00 bits per heavy atom. The van der Waals surface area contributed by atoms with Crippen molar-refractivity contribution in [1.82, 2.24) is 4.90 Å². The number of hydrogen-bond donors (Lipinski definition) is 1. The number of methoxy groups -OCH3 is 1. The van der Waals surface area contributed by atoms with Gasteiger partial charge in [-0.1, -0.05) is 12.1 Å². The summed E-state index contributed by atoms with van der Waals surface area (Å²) in [5.74, 6) is 0.819. The molecule has 1 N–H and O–H groups in total. The molecule has 0 radical (unpaired) electrons. The normalized spacial score (nSPS) is 16.3. The number of halogens is 1. The third kappa shape index (κ3) is 5.50. The summed E-state index contributed by atoms with van der Waals surface area (Å²) in [7, 11) is 1.60. The summed E-state index contributed by atoms with van der Waals surface area (Å²) in [6.07, 6.45) is 4.42. The first-order valence-corrected chi connectivity index (χ1v) is 8.46. The van der Waals surface area contributed by atoms with Gasteiger partial charge in [0.15, 0.2) is 0 Å². The van der Waals surface area contributed by atoms with Gasteiger partial charge in [-0.3, -0.25) is 9.18 Å². The van der Waals surface area contributed by atoms with Gasteiger partial charge in [0.2, 0.25) is 5.91 Å². The number of alkyl halides is 1. The summed E-state index contributed by atoms with van der Waals surface area (Å²) in [5.41, 5.74) is 0.730. The number of nitrogens with zero attached hydrogens (tertiary/aromatic N) is 1. The average Bonchev–Trinajstić information content (AvgIpc) is 2.59. The fraction of sp³-hybridized carbons (Fsp3) is 0.611. The summed E-state index contributed by atoms with van der Waals surface area (Å²) in [5, 5.41) is 2.98. The first-order chi connectivity index (χ1) is 11.2. The Bertz CT molecular complexity index is 488. The van der Waals surface area contributed by atoms with Gasteiger partial charge < -0.3 is 15.0 Å². The van der Waals surface area contributed by atoms with E-state index in [4.69, 9.17) is 4.74 Å². The van der Waals surface area contributed by atoms with Gasteiger partial charge in [0.05, 0.1) is 19.5 Å². The van der Waals surface area contributed by atoms with E-state index in [0.717, 1.165) is 51.0 Å². The fourth-order valence-corrected chi connectivity index (χ4v) is 3.01. The van der Waals surface area contributed by atoms with Crippen LogP contribution in [-0.4, -0.2) is 44.2 Å². The van der Waals surface area contributed by atoms with Gasteiger partial charge >= 0.3 is 0 Å². The van der Waals surface area contributed by atoms with E-state index in [2.05, 4.69) is 10.2 Å². The number of piperidine rings is 1. The zero-order valence-corrected chi connectivity index (χ0v) is 13.9. The van der Waals surface area contributed by atoms with Crippen molar-refractivity contribution in [2.24, 2.45) is 5.92 Å². The monoisotopic (exact) mass is 322 g/mol. The highest BCUT2D eigenvalue weighted by atomic mass is 19.1. The number of anilines is 1. The van der Waals surface area contributed by atoms with Crippen LogP contribution < -0.4 is 10.1 Å². The number of carbonyl (C=O) groups excluding carboxylic acids is 1. The van der Waals surface area contributed by atoms with E-state index in [1.165, 1.54) is 0 Å². The topological polar surface area (TPSA) is 41.6 Å². The SMILES string of the molecule is COc1ccccc1NC(=O)C1CCN(CCCCCF)CC1. The third-order valence-corrected chi connectivity index (χ3v) is 4.43. The number of amides is 1. The zero-order valence-electron chi connectivity index (χ0n) is 13.9. The van der Waals surface area contributed by atoms with Crippen LogP contribution in [0.25, 0.3) is 0 Å². The van der Waals surface area contributed by atoms with Gasteiger partial charge in [0.1, 0.15) is 5.75 Å². The molecule has 1 aliphatic heterocycles. The fourth-order valence-electron chi connectivity index (χ4n) is 3.01. The molecular formula is C18H27FN2O2. The molecule has 1 amide bonds. The summed E-state index contributed by atoms with van der Waals surface area (Å²) in [6, 6.07) is 7.47. The van der Waals surface area contributed by atoms with Gasteiger partial charge in [-0.25, -0.2) is 0 Å². The van der Waals surface area contributed by atoms with Crippen molar-refractivity contribution in [1.29, 1.82) is 0 Å². The molecule has 0 spiro atoms. The van der Waals surface area contributed by atoms with Gasteiger partial charge in [-0.2, -0.15) is 0 Å². The molecule has 0 saturated carbocycles. The summed E-state index contributed by atoms with van der Waals surface area (Å²) in [4.78, 5) is 14.8. The lowest BCUT2D eigenvalue weighted by Crippen LogP contribution is -2.38. The van der Waals surface area contributed by atoms with Crippen LogP contribution in [0.15, 0.2) is 24.3 Å². The summed E-state index contributed by atoms with van der Waals surface area (Å²) >= 11 is 0. The molecule has 1 aromatic rings. The average molecular weight is 322 g/mol. The zero-order chi connectivity index (χ0) is 16.5. The minimum atomic E-state index is -0.217. The standard InChI is InChI=1S/C18H27FN2O2/c1-23-17-8-4-3-7-16(17)20-18(22)15-9-13-21(14-10-15)12-6-2-5-11-19/h3-4,7-8,15H,2,5-6,9-14H2,1H3,(H,20,22). The van der Waals surface area contributed by atoms with E-state index in [1.807, 2.05) is 24.3 Å². The maximum Gasteiger partial charge on any atom is 0.227 e. The molecule has 0 unspecified atom stereocenters. The van der Waals surface area contributed by atoms with Crippen molar-refractivity contribution in [2.45, 2.75) is 32.1 Å². The van der Waals surface area contributed by atoms with E-state index in [-0.39, 0.29) is 18.5 Å². The maximum atomic E-state index is 12.4. The second-order valence-electron chi connectivity index (χ2n) is 6.06. The Kier molecular flexibility index (Phi) is 7.33. The van der Waals surface area contributed by atoms with Crippen LogP contribution in [0.2, 0.25) is 0 Å². The van der Waals surface area contributed by atoms with E-state index in [9.17, 15) is 9.18 Å². The van der Waals surface area contributed by atoms with Crippen LogP contribution in [0, 0.1) is 5.92 Å². The van der Waals surface area contributed by atoms with Crippen LogP contribution in [0.3, 0.4) is 0 Å². The minimum Gasteiger partial charge on any atom is -0.495 e. The smallest absolute Gasteiger partial charge is 0.227 e. The Labute approximate surface area is 138 Å². The Hall–Kier alpha value is -1.62. The molecule has 0 bridgehead atoms. The molecule has 128 valence electrons. The molecule has 2 rings (SSSR count). The van der Waals surface area contributed by atoms with Crippen LogP contribution in [0.5, 0.6) is 5.75 Å². The number of nitrogens with one attached hydrogen (secondary N) is 1. The van der Waals surface area contributed by atoms with Crippen molar-refractivity contribution in [3.63, 3.8) is 0 Å². The number of rotatable bonds is 8. The highest BCUT2D eigenvalue weighted by molar-refractivity contribution is 5.94. The molecule has 1 fully saturated rings. The van der Waals surface area contributed by atoms with Crippen molar-refractivity contribution < 1.29 is 13.9 Å². The highest BCUT2D eigenvalue weighted by Gasteiger charge is 2.25. The van der Waals surface area contributed by atoms with Crippen molar-refractivity contribution in [3.05, 3.63) is 24.3 Å². The Morgan fingerprint density at radius 1 is 1.26 bits per heavy atom. The number of carbonyl (C=O) groups is 1. The molecule has 1 aliphatic rings. The third-order valence-electron chi connectivity index (χ3n) is 4.43. The second kappa shape index (κ2) is 9.50. The van der Waals surface area contributed by atoms with Crippen LogP contribution >= 0.6 is 0 Å². The minimum absolute atomic E-state index is 0.0574. The molecule has 0 aromatic heterocycles. The summed E-state index contributed by atoms with van der Waals surface area (Å²) in [6.45, 7) is 2.69. The van der Waals surface area contributed by atoms with E-state index < -0.39 is 0 Å². The molecule has 1 saturated heterocycles. The van der Waals surface area contributed by atoms with Crippen LogP contribution in [0.1, 0.15) is 32.1 Å². The molecule has 0 aliphatic carbocycles. The molecule has 1 aromatic carbocycles. The van der Waals surface area contributed by atoms with Crippen molar-refractivity contribution in [2.75, 3.05) is 38.7 Å². The molecule has 23 heavy (non-hydrogen) atoms. The van der Waals surface area contributed by atoms with Gasteiger partial charge in [-0.05, 0) is 63.9 Å². The molecular weight excluding hydrogens is 295 g/mol. The lowest BCUT2D eigenvalue weighted by molar-refractivity contribution is -0.121. The number of hydrogen-bond acceptors (Lipinski definition) is 3. The molecule has 5 heteroatoms. The number of likely N-dealkylation sites (tertiary alicyclic amines) is 1. The highest BCUT2D eigenvalue weighted by Crippen LogP contribution is 2.25. The molecule has 0 atom stereocenters. The van der Waals surface area contributed by atoms with E-state index >= 15 is 0 Å². The first kappa shape index (κ1) is 17.7. The maximum absolute atomic E-state index is 12.4. The predicted octanol–water partition coefficient (Wildman–Crippen LogP) is 3.49. The molecule has 1 heterocycles. The quantitative estimate of drug-likeness (QED) is 0.745. The first-order valence-electron chi connectivity index (χ1n) is 8.46. The van der Waals surface area contributed by atoms with Gasteiger partial charge in [0.25, 0.3) is 0 Å². The summed E-state index contributed by atoms with van der Waals surface area (Å²) < 4.78 is 17.3. The van der Waals surface area contributed by atoms with Gasteiger partial charge in [-0.15, -0.1) is 0 Å². The second-order valence-corrected chi connectivity index (χ2v) is 6.06.